The molecule has 1 aromatic rings. The van der Waals surface area contributed by atoms with E-state index in [0.29, 0.717) is 25.2 Å². The molecule has 136 valence electrons. The number of carbonyl (C=O) groups excluding carboxylic acids is 2. The summed E-state index contributed by atoms with van der Waals surface area (Å²) in [5.41, 5.74) is 0.833. The van der Waals surface area contributed by atoms with Gasteiger partial charge in [0.15, 0.2) is 5.69 Å². The largest absolute Gasteiger partial charge is 0.348 e. The van der Waals surface area contributed by atoms with Gasteiger partial charge in [-0.3, -0.25) is 9.59 Å². The topological polar surface area (TPSA) is 80.1 Å². The Morgan fingerprint density at radius 3 is 2.56 bits per heavy atom. The number of hydrogen-bond acceptors (Lipinski definition) is 4. The average molecular weight is 353 g/mol. The highest BCUT2D eigenvalue weighted by atomic mass is 19.3. The van der Waals surface area contributed by atoms with Crippen LogP contribution in [0.25, 0.3) is 0 Å². The van der Waals surface area contributed by atoms with Crippen LogP contribution in [-0.2, 0) is 17.9 Å². The number of nitrogens with one attached hydrogen (secondary N) is 1. The molecule has 0 unspecified atom stereocenters. The molecule has 1 aromatic heterocycles. The molecule has 7 nitrogen and oxygen atoms in total. The molecule has 0 saturated heterocycles. The Labute approximate surface area is 143 Å². The highest BCUT2D eigenvalue weighted by Gasteiger charge is 2.50. The van der Waals surface area contributed by atoms with Crippen LogP contribution in [0.15, 0.2) is 0 Å². The van der Waals surface area contributed by atoms with Crippen molar-refractivity contribution < 1.29 is 18.4 Å². The molecule has 9 heteroatoms. The summed E-state index contributed by atoms with van der Waals surface area (Å²) in [6.07, 6.45) is 2.95. The summed E-state index contributed by atoms with van der Waals surface area (Å²) >= 11 is 0. The zero-order valence-corrected chi connectivity index (χ0v) is 13.9. The Hall–Kier alpha value is -2.06. The molecule has 0 aromatic carbocycles. The molecule has 2 heterocycles. The molecule has 2 saturated carbocycles. The molecule has 2 fully saturated rings. The molecule has 2 aliphatic carbocycles. The van der Waals surface area contributed by atoms with Gasteiger partial charge in [-0.1, -0.05) is 5.21 Å². The van der Waals surface area contributed by atoms with Crippen molar-refractivity contribution in [2.45, 2.75) is 63.6 Å². The van der Waals surface area contributed by atoms with Crippen molar-refractivity contribution >= 4 is 11.8 Å². The van der Waals surface area contributed by atoms with E-state index in [2.05, 4.69) is 15.6 Å². The summed E-state index contributed by atoms with van der Waals surface area (Å²) in [4.78, 5) is 26.5. The molecule has 0 spiro atoms. The fraction of sp³-hybridized carbons (Fsp3) is 0.750. The third-order valence-electron chi connectivity index (χ3n) is 5.38. The maximum Gasteiger partial charge on any atom is 0.274 e. The second-order valence-electron chi connectivity index (χ2n) is 7.28. The summed E-state index contributed by atoms with van der Waals surface area (Å²) < 4.78 is 27.8. The van der Waals surface area contributed by atoms with Gasteiger partial charge in [-0.15, -0.1) is 5.10 Å². The van der Waals surface area contributed by atoms with Gasteiger partial charge in [-0.25, -0.2) is 13.5 Å². The number of aromatic nitrogens is 3. The van der Waals surface area contributed by atoms with Crippen LogP contribution in [0.3, 0.4) is 0 Å². The number of aryl methyl sites for hydroxylation is 1. The third-order valence-corrected chi connectivity index (χ3v) is 5.38. The monoisotopic (exact) mass is 353 g/mol. The lowest BCUT2D eigenvalue weighted by Gasteiger charge is -2.36. The van der Waals surface area contributed by atoms with Crippen molar-refractivity contribution in [1.82, 2.24) is 25.2 Å². The van der Waals surface area contributed by atoms with Crippen molar-refractivity contribution in [1.29, 1.82) is 0 Å². The number of nitrogens with zero attached hydrogens (tertiary/aromatic N) is 4. The maximum atomic E-state index is 13.1. The Morgan fingerprint density at radius 2 is 1.92 bits per heavy atom. The van der Waals surface area contributed by atoms with Crippen LogP contribution >= 0.6 is 0 Å². The third kappa shape index (κ3) is 3.11. The summed E-state index contributed by atoms with van der Waals surface area (Å²) in [5, 5.41) is 11.0. The molecule has 0 bridgehead atoms. The van der Waals surface area contributed by atoms with Gasteiger partial charge in [-0.2, -0.15) is 0 Å². The van der Waals surface area contributed by atoms with E-state index in [1.807, 2.05) is 0 Å². The van der Waals surface area contributed by atoms with Crippen molar-refractivity contribution in [3.05, 3.63) is 11.4 Å². The summed E-state index contributed by atoms with van der Waals surface area (Å²) in [5.74, 6) is -3.87. The smallest absolute Gasteiger partial charge is 0.274 e. The number of alkyl halides is 2. The van der Waals surface area contributed by atoms with Crippen molar-refractivity contribution in [2.24, 2.45) is 5.92 Å². The molecule has 0 atom stereocenters. The highest BCUT2D eigenvalue weighted by Crippen LogP contribution is 2.43. The van der Waals surface area contributed by atoms with Crippen LogP contribution in [0.1, 0.15) is 54.7 Å². The molecule has 1 aliphatic heterocycles. The molecule has 4 rings (SSSR count). The van der Waals surface area contributed by atoms with E-state index >= 15 is 0 Å². The first-order chi connectivity index (χ1) is 11.9. The first-order valence-electron chi connectivity index (χ1n) is 8.83. The van der Waals surface area contributed by atoms with E-state index in [1.54, 1.807) is 9.58 Å². The van der Waals surface area contributed by atoms with E-state index in [-0.39, 0.29) is 42.9 Å². The summed E-state index contributed by atoms with van der Waals surface area (Å²) in [6, 6.07) is 0.186. The van der Waals surface area contributed by atoms with Crippen molar-refractivity contribution in [3.63, 3.8) is 0 Å². The first-order valence-corrected chi connectivity index (χ1v) is 8.83. The lowest BCUT2D eigenvalue weighted by Crippen LogP contribution is -2.46. The van der Waals surface area contributed by atoms with Gasteiger partial charge in [0.1, 0.15) is 0 Å². The Kier molecular flexibility index (Phi) is 3.96. The summed E-state index contributed by atoms with van der Waals surface area (Å²) in [6.45, 7) is 1.24. The van der Waals surface area contributed by atoms with E-state index in [1.165, 1.54) is 0 Å². The standard InChI is InChI=1S/C16H21F2N5O2/c17-16(18)7-10(8-16)15(25)22-5-2-6-23-12(9-22)13(20-21-23)14(24)19-11-3-1-4-11/h10-11H,1-9H2,(H,19,24). The SMILES string of the molecule is O=C(NC1CCC1)c1nnn2c1CN(C(=O)C1CC(F)(F)C1)CCC2. The molecule has 25 heavy (non-hydrogen) atoms. The minimum Gasteiger partial charge on any atom is -0.348 e. The summed E-state index contributed by atoms with van der Waals surface area (Å²) in [7, 11) is 0. The molecule has 1 N–H and O–H groups in total. The van der Waals surface area contributed by atoms with Crippen LogP contribution in [0.5, 0.6) is 0 Å². The number of carbonyl (C=O) groups is 2. The van der Waals surface area contributed by atoms with Gasteiger partial charge >= 0.3 is 0 Å². The second kappa shape index (κ2) is 6.03. The zero-order chi connectivity index (χ0) is 17.6. The normalized spacial score (nSPS) is 23.2. The average Bonchev–Trinajstić information content (AvgIpc) is 2.77. The van der Waals surface area contributed by atoms with E-state index < -0.39 is 11.8 Å². The minimum absolute atomic E-state index is 0.186. The van der Waals surface area contributed by atoms with E-state index in [9.17, 15) is 18.4 Å². The molecule has 3 aliphatic rings. The fourth-order valence-corrected chi connectivity index (χ4v) is 3.60. The van der Waals surface area contributed by atoms with E-state index in [0.717, 1.165) is 19.3 Å². The number of rotatable bonds is 3. The predicted octanol–water partition coefficient (Wildman–Crippen LogP) is 1.34. The maximum absolute atomic E-state index is 13.1. The number of halogens is 2. The van der Waals surface area contributed by atoms with Crippen LogP contribution in [0.4, 0.5) is 8.78 Å². The quantitative estimate of drug-likeness (QED) is 0.889. The lowest BCUT2D eigenvalue weighted by molar-refractivity contribution is -0.160. The minimum atomic E-state index is -2.72. The Balaban J connectivity index is 1.48. The number of fused-ring (bicyclic) bond motifs is 1. The number of hydrogen-bond donors (Lipinski definition) is 1. The highest BCUT2D eigenvalue weighted by molar-refractivity contribution is 5.93. The molecular formula is C16H21F2N5O2. The van der Waals surface area contributed by atoms with Crippen LogP contribution in [0.2, 0.25) is 0 Å². The molecule has 2 amide bonds. The van der Waals surface area contributed by atoms with Gasteiger partial charge in [-0.05, 0) is 25.7 Å². The van der Waals surface area contributed by atoms with Crippen molar-refractivity contribution in [3.8, 4) is 0 Å². The van der Waals surface area contributed by atoms with Gasteiger partial charge in [0, 0.05) is 37.9 Å². The van der Waals surface area contributed by atoms with Gasteiger partial charge < -0.3 is 10.2 Å². The molecule has 0 radical (unpaired) electrons. The second-order valence-corrected chi connectivity index (χ2v) is 7.28. The lowest BCUT2D eigenvalue weighted by atomic mass is 9.80. The van der Waals surface area contributed by atoms with Gasteiger partial charge in [0.2, 0.25) is 11.8 Å². The van der Waals surface area contributed by atoms with Crippen molar-refractivity contribution in [2.75, 3.05) is 6.54 Å². The number of amides is 2. The fourth-order valence-electron chi connectivity index (χ4n) is 3.60. The van der Waals surface area contributed by atoms with Crippen LogP contribution in [0, 0.1) is 5.92 Å². The van der Waals surface area contributed by atoms with Gasteiger partial charge in [0.05, 0.1) is 12.2 Å². The predicted molar refractivity (Wildman–Crippen MR) is 82.8 cm³/mol. The zero-order valence-electron chi connectivity index (χ0n) is 13.9. The van der Waals surface area contributed by atoms with E-state index in [4.69, 9.17) is 0 Å². The van der Waals surface area contributed by atoms with Crippen LogP contribution < -0.4 is 5.32 Å². The van der Waals surface area contributed by atoms with Gasteiger partial charge in [0.25, 0.3) is 5.91 Å². The molecular weight excluding hydrogens is 332 g/mol. The first kappa shape index (κ1) is 16.4. The van der Waals surface area contributed by atoms with Crippen LogP contribution in [-0.4, -0.2) is 50.2 Å². The Morgan fingerprint density at radius 1 is 1.16 bits per heavy atom. The Bertz CT molecular complexity index is 693.